The van der Waals surface area contributed by atoms with Crippen LogP contribution in [0, 0.1) is 0 Å². The van der Waals surface area contributed by atoms with Gasteiger partial charge in [0.15, 0.2) is 5.76 Å². The first-order chi connectivity index (χ1) is 13.2. The summed E-state index contributed by atoms with van der Waals surface area (Å²) in [5.41, 5.74) is 1.72. The number of rotatable bonds is 6. The lowest BCUT2D eigenvalue weighted by atomic mass is 10.2. The summed E-state index contributed by atoms with van der Waals surface area (Å²) in [5.74, 6) is 0.484. The van der Waals surface area contributed by atoms with Gasteiger partial charge in [0.05, 0.1) is 6.26 Å². The van der Waals surface area contributed by atoms with Gasteiger partial charge in [0.25, 0.3) is 5.91 Å². The van der Waals surface area contributed by atoms with Crippen LogP contribution in [0.25, 0.3) is 0 Å². The highest BCUT2D eigenvalue weighted by molar-refractivity contribution is 6.03. The molecule has 0 saturated heterocycles. The number of carbonyl (C=O) groups is 2. The Morgan fingerprint density at radius 1 is 0.963 bits per heavy atom. The SMILES string of the molecule is CNC(=O)Nc1cccc(NC(=O)c2occc2COc2ccccc2)c1. The van der Waals surface area contributed by atoms with Crippen molar-refractivity contribution in [2.24, 2.45) is 0 Å². The van der Waals surface area contributed by atoms with E-state index in [0.717, 1.165) is 0 Å². The Kier molecular flexibility index (Phi) is 5.73. The highest BCUT2D eigenvalue weighted by Gasteiger charge is 2.16. The number of anilines is 2. The number of ether oxygens (including phenoxy) is 1. The Hall–Kier alpha value is -3.74. The highest BCUT2D eigenvalue weighted by atomic mass is 16.5. The van der Waals surface area contributed by atoms with Crippen molar-refractivity contribution >= 4 is 23.3 Å². The van der Waals surface area contributed by atoms with Crippen LogP contribution in [-0.4, -0.2) is 19.0 Å². The van der Waals surface area contributed by atoms with E-state index in [-0.39, 0.29) is 18.4 Å². The van der Waals surface area contributed by atoms with E-state index < -0.39 is 5.91 Å². The minimum atomic E-state index is -0.399. The van der Waals surface area contributed by atoms with Crippen molar-refractivity contribution in [2.75, 3.05) is 17.7 Å². The van der Waals surface area contributed by atoms with Crippen LogP contribution in [0.4, 0.5) is 16.2 Å². The largest absolute Gasteiger partial charge is 0.489 e. The van der Waals surface area contributed by atoms with Crippen molar-refractivity contribution in [2.45, 2.75) is 6.61 Å². The molecule has 3 amide bonds. The van der Waals surface area contributed by atoms with Crippen LogP contribution in [0.5, 0.6) is 5.75 Å². The first kappa shape index (κ1) is 18.1. The molecule has 0 spiro atoms. The van der Waals surface area contributed by atoms with E-state index in [1.54, 1.807) is 30.3 Å². The molecule has 0 saturated carbocycles. The van der Waals surface area contributed by atoms with Gasteiger partial charge in [-0.2, -0.15) is 0 Å². The van der Waals surface area contributed by atoms with E-state index in [4.69, 9.17) is 9.15 Å². The smallest absolute Gasteiger partial charge is 0.318 e. The van der Waals surface area contributed by atoms with Crippen molar-refractivity contribution < 1.29 is 18.7 Å². The average Bonchev–Trinajstić information content (AvgIpc) is 3.16. The summed E-state index contributed by atoms with van der Waals surface area (Å²) in [6.45, 7) is 0.210. The molecule has 3 aromatic rings. The number of urea groups is 1. The molecule has 0 aliphatic carbocycles. The number of benzene rings is 2. The standard InChI is InChI=1S/C20H19N3O4/c1-21-20(25)23-16-7-5-6-15(12-16)22-19(24)18-14(10-11-26-18)13-27-17-8-3-2-4-9-17/h2-12H,13H2,1H3,(H,22,24)(H2,21,23,25). The maximum absolute atomic E-state index is 12.5. The molecule has 1 aromatic heterocycles. The average molecular weight is 365 g/mol. The quantitative estimate of drug-likeness (QED) is 0.618. The molecule has 7 heteroatoms. The number of amides is 3. The molecular formula is C20H19N3O4. The van der Waals surface area contributed by atoms with Crippen molar-refractivity contribution in [1.82, 2.24) is 5.32 Å². The summed E-state index contributed by atoms with van der Waals surface area (Å²) < 4.78 is 11.0. The molecule has 1 heterocycles. The number of para-hydroxylation sites is 1. The van der Waals surface area contributed by atoms with E-state index in [0.29, 0.717) is 22.7 Å². The lowest BCUT2D eigenvalue weighted by Crippen LogP contribution is -2.24. The minimum Gasteiger partial charge on any atom is -0.489 e. The Morgan fingerprint density at radius 2 is 1.70 bits per heavy atom. The van der Waals surface area contributed by atoms with Gasteiger partial charge in [0, 0.05) is 24.0 Å². The molecule has 138 valence electrons. The van der Waals surface area contributed by atoms with Crippen LogP contribution in [0.2, 0.25) is 0 Å². The molecule has 3 N–H and O–H groups in total. The van der Waals surface area contributed by atoms with Gasteiger partial charge in [0.1, 0.15) is 12.4 Å². The molecule has 0 atom stereocenters. The number of nitrogens with one attached hydrogen (secondary N) is 3. The van der Waals surface area contributed by atoms with Gasteiger partial charge in [-0.1, -0.05) is 24.3 Å². The summed E-state index contributed by atoms with van der Waals surface area (Å²) in [6, 6.07) is 17.5. The van der Waals surface area contributed by atoms with E-state index in [2.05, 4.69) is 16.0 Å². The van der Waals surface area contributed by atoms with Gasteiger partial charge in [0.2, 0.25) is 0 Å². The van der Waals surface area contributed by atoms with Gasteiger partial charge >= 0.3 is 6.03 Å². The molecule has 2 aromatic carbocycles. The first-order valence-corrected chi connectivity index (χ1v) is 8.30. The van der Waals surface area contributed by atoms with Gasteiger partial charge in [-0.05, 0) is 36.4 Å². The third-order valence-electron chi connectivity index (χ3n) is 3.70. The van der Waals surface area contributed by atoms with Gasteiger partial charge in [-0.25, -0.2) is 4.79 Å². The zero-order valence-corrected chi connectivity index (χ0v) is 14.7. The predicted molar refractivity (Wildman–Crippen MR) is 102 cm³/mol. The number of hydrogen-bond acceptors (Lipinski definition) is 4. The van der Waals surface area contributed by atoms with Gasteiger partial charge in [-0.3, -0.25) is 4.79 Å². The monoisotopic (exact) mass is 365 g/mol. The molecule has 0 aliphatic heterocycles. The van der Waals surface area contributed by atoms with Crippen LogP contribution >= 0.6 is 0 Å². The maximum Gasteiger partial charge on any atom is 0.318 e. The lowest BCUT2D eigenvalue weighted by molar-refractivity contribution is 0.0993. The van der Waals surface area contributed by atoms with E-state index >= 15 is 0 Å². The van der Waals surface area contributed by atoms with Crippen molar-refractivity contribution in [3.63, 3.8) is 0 Å². The summed E-state index contributed by atoms with van der Waals surface area (Å²) in [7, 11) is 1.52. The van der Waals surface area contributed by atoms with E-state index in [1.807, 2.05) is 30.3 Å². The molecule has 27 heavy (non-hydrogen) atoms. The number of carbonyl (C=O) groups excluding carboxylic acids is 2. The number of furan rings is 1. The first-order valence-electron chi connectivity index (χ1n) is 8.30. The zero-order chi connectivity index (χ0) is 19.1. The predicted octanol–water partition coefficient (Wildman–Crippen LogP) is 3.86. The fourth-order valence-electron chi connectivity index (χ4n) is 2.38. The van der Waals surface area contributed by atoms with Crippen LogP contribution in [0.1, 0.15) is 16.1 Å². The Morgan fingerprint density at radius 3 is 2.44 bits per heavy atom. The Labute approximate surface area is 156 Å². The fraction of sp³-hybridized carbons (Fsp3) is 0.100. The Bertz CT molecular complexity index is 922. The highest BCUT2D eigenvalue weighted by Crippen LogP contribution is 2.19. The molecular weight excluding hydrogens is 346 g/mol. The number of hydrogen-bond donors (Lipinski definition) is 3. The van der Waals surface area contributed by atoms with Crippen molar-refractivity contribution in [3.05, 3.63) is 78.3 Å². The Balaban J connectivity index is 1.66. The van der Waals surface area contributed by atoms with Gasteiger partial charge < -0.3 is 25.1 Å². The molecule has 0 radical (unpaired) electrons. The molecule has 3 rings (SSSR count). The van der Waals surface area contributed by atoms with Crippen molar-refractivity contribution in [1.29, 1.82) is 0 Å². The summed E-state index contributed by atoms with van der Waals surface area (Å²) >= 11 is 0. The summed E-state index contributed by atoms with van der Waals surface area (Å²) in [6.07, 6.45) is 1.45. The zero-order valence-electron chi connectivity index (χ0n) is 14.7. The molecule has 0 fully saturated rings. The van der Waals surface area contributed by atoms with Crippen molar-refractivity contribution in [3.8, 4) is 5.75 Å². The normalized spacial score (nSPS) is 10.1. The third kappa shape index (κ3) is 4.88. The second-order valence-corrected chi connectivity index (χ2v) is 5.62. The van der Waals surface area contributed by atoms with E-state index in [1.165, 1.54) is 13.3 Å². The van der Waals surface area contributed by atoms with Gasteiger partial charge in [-0.15, -0.1) is 0 Å². The fourth-order valence-corrected chi connectivity index (χ4v) is 2.38. The second kappa shape index (κ2) is 8.57. The summed E-state index contributed by atoms with van der Waals surface area (Å²) in [4.78, 5) is 23.9. The van der Waals surface area contributed by atoms with Crippen LogP contribution < -0.4 is 20.7 Å². The van der Waals surface area contributed by atoms with Crippen LogP contribution in [0.15, 0.2) is 71.3 Å². The molecule has 0 unspecified atom stereocenters. The second-order valence-electron chi connectivity index (χ2n) is 5.62. The third-order valence-corrected chi connectivity index (χ3v) is 3.70. The molecule has 0 aliphatic rings. The summed E-state index contributed by atoms with van der Waals surface area (Å²) in [5, 5.41) is 7.86. The van der Waals surface area contributed by atoms with E-state index in [9.17, 15) is 9.59 Å². The van der Waals surface area contributed by atoms with Crippen LogP contribution in [-0.2, 0) is 6.61 Å². The van der Waals surface area contributed by atoms with Crippen LogP contribution in [0.3, 0.4) is 0 Å². The lowest BCUT2D eigenvalue weighted by Gasteiger charge is -2.09. The molecule has 7 nitrogen and oxygen atoms in total. The molecule has 0 bridgehead atoms. The maximum atomic E-state index is 12.5. The minimum absolute atomic E-state index is 0.176. The topological polar surface area (TPSA) is 92.6 Å².